The van der Waals surface area contributed by atoms with Crippen molar-refractivity contribution in [2.75, 3.05) is 0 Å². The fraction of sp³-hybridized carbons (Fsp3) is 0. The molecular weight excluding hydrogens is 831 g/mol. The minimum Gasteiger partial charge on any atom is -0.455 e. The molecule has 0 aliphatic carbocycles. The Morgan fingerprint density at radius 2 is 0.750 bits per heavy atom. The molecule has 0 aliphatic heterocycles. The molecule has 0 amide bonds. The molecule has 0 saturated carbocycles. The molecule has 0 spiro atoms. The average molecular weight is 866 g/mol. The number of fused-ring (bicyclic) bond motifs is 17. The summed E-state index contributed by atoms with van der Waals surface area (Å²) in [5.74, 6) is 1.79. The Balaban J connectivity index is 0.905. The van der Waals surface area contributed by atoms with Gasteiger partial charge in [-0.3, -0.25) is 0 Å². The van der Waals surface area contributed by atoms with Gasteiger partial charge in [0.15, 0.2) is 17.5 Å². The topological polar surface area (TPSA) is 65.0 Å². The van der Waals surface area contributed by atoms with Gasteiger partial charge in [-0.25, -0.2) is 15.0 Å². The van der Waals surface area contributed by atoms with Crippen LogP contribution in [0.3, 0.4) is 0 Å². The molecule has 12 aromatic carbocycles. The van der Waals surface area contributed by atoms with Crippen LogP contribution in [-0.4, -0.2) is 15.0 Å². The van der Waals surface area contributed by atoms with Crippen molar-refractivity contribution in [1.82, 2.24) is 15.0 Å². The van der Waals surface area contributed by atoms with E-state index in [1.165, 1.54) is 32.3 Å². The van der Waals surface area contributed by atoms with Gasteiger partial charge in [-0.05, 0) is 114 Å². The van der Waals surface area contributed by atoms with Gasteiger partial charge in [0.25, 0.3) is 0 Å². The normalized spacial score (nSPS) is 12.1. The van der Waals surface area contributed by atoms with Gasteiger partial charge in [0.1, 0.15) is 22.3 Å². The van der Waals surface area contributed by atoms with Crippen molar-refractivity contribution in [2.24, 2.45) is 0 Å². The summed E-state index contributed by atoms with van der Waals surface area (Å²) in [7, 11) is 0. The lowest BCUT2D eigenvalue weighted by Gasteiger charge is -2.14. The van der Waals surface area contributed by atoms with E-state index < -0.39 is 0 Å². The maximum Gasteiger partial charge on any atom is 0.164 e. The van der Waals surface area contributed by atoms with E-state index in [0.717, 1.165) is 104 Å². The molecule has 3 aromatic heterocycles. The Bertz CT molecular complexity index is 4620. The number of nitrogens with zero attached hydrogens (tertiary/aromatic N) is 3. The molecule has 0 atom stereocenters. The molecule has 0 fully saturated rings. The summed E-state index contributed by atoms with van der Waals surface area (Å²) < 4.78 is 13.6. The van der Waals surface area contributed by atoms with Gasteiger partial charge >= 0.3 is 0 Å². The van der Waals surface area contributed by atoms with Crippen molar-refractivity contribution in [3.8, 4) is 45.3 Å². The van der Waals surface area contributed by atoms with Crippen LogP contribution in [0.15, 0.2) is 221 Å². The number of rotatable bonds is 4. The molecule has 0 bridgehead atoms. The van der Waals surface area contributed by atoms with Crippen LogP contribution in [0.4, 0.5) is 0 Å². The highest BCUT2D eigenvalue weighted by Gasteiger charge is 2.22. The molecular formula is C63H35N3O2. The molecule has 0 unspecified atom stereocenters. The van der Waals surface area contributed by atoms with Crippen LogP contribution in [0.1, 0.15) is 0 Å². The molecule has 0 saturated heterocycles. The van der Waals surface area contributed by atoms with Gasteiger partial charge in [-0.2, -0.15) is 0 Å². The van der Waals surface area contributed by atoms with Crippen LogP contribution < -0.4 is 0 Å². The van der Waals surface area contributed by atoms with Crippen molar-refractivity contribution >= 4 is 109 Å². The first-order valence-corrected chi connectivity index (χ1v) is 23.0. The second-order valence-corrected chi connectivity index (χ2v) is 17.9. The minimum atomic E-state index is 0.581. The highest BCUT2D eigenvalue weighted by atomic mass is 16.3. The first kappa shape index (κ1) is 37.1. The molecule has 314 valence electrons. The Labute approximate surface area is 388 Å². The lowest BCUT2D eigenvalue weighted by Crippen LogP contribution is -2.00. The Morgan fingerprint density at radius 3 is 1.51 bits per heavy atom. The molecule has 68 heavy (non-hydrogen) atoms. The summed E-state index contributed by atoms with van der Waals surface area (Å²) in [6, 6.07) is 75.2. The van der Waals surface area contributed by atoms with Crippen molar-refractivity contribution in [3.63, 3.8) is 0 Å². The van der Waals surface area contributed by atoms with Crippen LogP contribution in [0.2, 0.25) is 0 Å². The van der Waals surface area contributed by atoms with Crippen LogP contribution >= 0.6 is 0 Å². The first-order valence-electron chi connectivity index (χ1n) is 23.0. The zero-order chi connectivity index (χ0) is 44.5. The summed E-state index contributed by atoms with van der Waals surface area (Å²) >= 11 is 0. The second-order valence-electron chi connectivity index (χ2n) is 17.9. The number of hydrogen-bond acceptors (Lipinski definition) is 5. The van der Waals surface area contributed by atoms with Gasteiger partial charge in [0.2, 0.25) is 0 Å². The Hall–Kier alpha value is -9.19. The molecule has 0 radical (unpaired) electrons. The van der Waals surface area contributed by atoms with Crippen molar-refractivity contribution < 1.29 is 8.83 Å². The summed E-state index contributed by atoms with van der Waals surface area (Å²) in [4.78, 5) is 15.3. The van der Waals surface area contributed by atoms with E-state index in [0.29, 0.717) is 17.5 Å². The van der Waals surface area contributed by atoms with E-state index >= 15 is 0 Å². The number of benzene rings is 12. The number of hydrogen-bond donors (Lipinski definition) is 0. The fourth-order valence-electron chi connectivity index (χ4n) is 10.8. The fourth-order valence-corrected chi connectivity index (χ4v) is 10.8. The lowest BCUT2D eigenvalue weighted by atomic mass is 9.88. The Kier molecular flexibility index (Phi) is 7.72. The van der Waals surface area contributed by atoms with Crippen LogP contribution in [-0.2, 0) is 0 Å². The van der Waals surface area contributed by atoms with Crippen LogP contribution in [0.25, 0.3) is 154 Å². The third kappa shape index (κ3) is 5.53. The van der Waals surface area contributed by atoms with Crippen molar-refractivity contribution in [3.05, 3.63) is 212 Å². The second kappa shape index (κ2) is 14.2. The first-order chi connectivity index (χ1) is 33.7. The number of aromatic nitrogens is 3. The average Bonchev–Trinajstić information content (AvgIpc) is 3.98. The maximum atomic E-state index is 7.05. The molecule has 15 aromatic rings. The standard InChI is InChI=1S/C63H35N3O2/c1-2-13-37(14-3-1)61-64-62(66-63(65-61)44-27-28-49-51-29-26-36-12-6-7-17-45(36)59(51)67-55(49)34-44)43-25-23-40-30-42(24-22-41(40)31-43)52-35-53-48-20-9-8-18-46(48)47-19-10-11-21-50(47)57(53)60-58(52)54-32-38-15-4-5-16-39(38)33-56(54)68-60/h1-35H. The highest BCUT2D eigenvalue weighted by Crippen LogP contribution is 2.47. The monoisotopic (exact) mass is 865 g/mol. The summed E-state index contributed by atoms with van der Waals surface area (Å²) in [6.45, 7) is 0. The summed E-state index contributed by atoms with van der Waals surface area (Å²) in [6.07, 6.45) is 0. The molecule has 15 rings (SSSR count). The quantitative estimate of drug-likeness (QED) is 0.165. The SMILES string of the molecule is c1ccc(-c2nc(-c3ccc4cc(-c5cc6c7ccccc7c7ccccc7c6c6oc7cc8ccccc8cc7c56)ccc4c3)nc(-c3ccc4c(c3)oc3c5ccccc5ccc43)n2)cc1. The largest absolute Gasteiger partial charge is 0.455 e. The van der Waals surface area contributed by atoms with Crippen LogP contribution in [0, 0.1) is 0 Å². The van der Waals surface area contributed by atoms with Gasteiger partial charge in [-0.15, -0.1) is 0 Å². The molecule has 0 aliphatic rings. The summed E-state index contributed by atoms with van der Waals surface area (Å²) in [5, 5.41) is 18.3. The molecule has 5 heteroatoms. The molecule has 5 nitrogen and oxygen atoms in total. The van der Waals surface area contributed by atoms with Crippen molar-refractivity contribution in [2.45, 2.75) is 0 Å². The predicted molar refractivity (Wildman–Crippen MR) is 281 cm³/mol. The van der Waals surface area contributed by atoms with E-state index in [1.807, 2.05) is 30.3 Å². The van der Waals surface area contributed by atoms with Gasteiger partial charge in [0, 0.05) is 49.0 Å². The van der Waals surface area contributed by atoms with E-state index in [9.17, 15) is 0 Å². The van der Waals surface area contributed by atoms with Gasteiger partial charge in [0.05, 0.1) is 0 Å². The predicted octanol–water partition coefficient (Wildman–Crippen LogP) is 17.3. The molecule has 3 heterocycles. The zero-order valence-electron chi connectivity index (χ0n) is 36.4. The van der Waals surface area contributed by atoms with Gasteiger partial charge < -0.3 is 8.83 Å². The third-order valence-electron chi connectivity index (χ3n) is 14.0. The Morgan fingerprint density at radius 1 is 0.250 bits per heavy atom. The van der Waals surface area contributed by atoms with E-state index in [1.54, 1.807) is 0 Å². The summed E-state index contributed by atoms with van der Waals surface area (Å²) in [5.41, 5.74) is 8.40. The molecule has 0 N–H and O–H groups in total. The van der Waals surface area contributed by atoms with E-state index in [2.05, 4.69) is 182 Å². The number of furan rings is 2. The van der Waals surface area contributed by atoms with E-state index in [-0.39, 0.29) is 0 Å². The highest BCUT2D eigenvalue weighted by molar-refractivity contribution is 6.35. The van der Waals surface area contributed by atoms with Crippen molar-refractivity contribution in [1.29, 1.82) is 0 Å². The third-order valence-corrected chi connectivity index (χ3v) is 14.0. The van der Waals surface area contributed by atoms with Crippen LogP contribution in [0.5, 0.6) is 0 Å². The van der Waals surface area contributed by atoms with E-state index in [4.69, 9.17) is 23.8 Å². The minimum absolute atomic E-state index is 0.581. The lowest BCUT2D eigenvalue weighted by molar-refractivity contribution is 0.672. The smallest absolute Gasteiger partial charge is 0.164 e. The zero-order valence-corrected chi connectivity index (χ0v) is 36.4. The van der Waals surface area contributed by atoms with Gasteiger partial charge in [-0.1, -0.05) is 164 Å². The maximum absolute atomic E-state index is 7.05.